The number of aliphatic hydroxyl groups is 1. The van der Waals surface area contributed by atoms with Crippen molar-refractivity contribution in [2.75, 3.05) is 0 Å². The highest BCUT2D eigenvalue weighted by Gasteiger charge is 2.39. The summed E-state index contributed by atoms with van der Waals surface area (Å²) >= 11 is 0. The maximum absolute atomic E-state index is 14.3. The van der Waals surface area contributed by atoms with Crippen molar-refractivity contribution < 1.29 is 92.3 Å². The van der Waals surface area contributed by atoms with Crippen LogP contribution >= 0.6 is 0 Å². The fourth-order valence-electron chi connectivity index (χ4n) is 8.23. The first-order chi connectivity index (χ1) is 40.1. The molecule has 0 saturated heterocycles. The molecule has 12 amide bonds. The van der Waals surface area contributed by atoms with Gasteiger partial charge in [0, 0.05) is 32.1 Å². The van der Waals surface area contributed by atoms with Crippen molar-refractivity contribution in [2.24, 2.45) is 40.7 Å². The molecule has 0 spiro atoms. The molecule has 0 aliphatic rings. The van der Waals surface area contributed by atoms with Crippen LogP contribution in [0.3, 0.4) is 0 Å². The van der Waals surface area contributed by atoms with Crippen LogP contribution in [0.15, 0.2) is 30.3 Å². The molecule has 0 saturated carbocycles. The van der Waals surface area contributed by atoms with Gasteiger partial charge in [-0.05, 0) is 55.9 Å². The van der Waals surface area contributed by atoms with E-state index in [4.69, 9.17) is 22.9 Å². The summed E-state index contributed by atoms with van der Waals surface area (Å²) in [5, 5.41) is 61.2. The predicted octanol–water partition coefficient (Wildman–Crippen LogP) is -4.73. The Morgan fingerprint density at radius 3 is 1.15 bits per heavy atom. The number of aliphatic carboxylic acids is 3. The van der Waals surface area contributed by atoms with Crippen molar-refractivity contribution in [2.45, 2.75) is 192 Å². The molecule has 0 radical (unpaired) electrons. The molecule has 480 valence electrons. The number of carboxylic acids is 3. The minimum Gasteiger partial charge on any atom is -0.481 e. The number of nitrogens with two attached hydrogens (primary N) is 4. The smallest absolute Gasteiger partial charge is 0.326 e. The highest BCUT2D eigenvalue weighted by Crippen LogP contribution is 2.15. The van der Waals surface area contributed by atoms with E-state index in [-0.39, 0.29) is 19.3 Å². The van der Waals surface area contributed by atoms with Crippen LogP contribution in [0, 0.1) is 17.8 Å². The Labute approximate surface area is 496 Å². The largest absolute Gasteiger partial charge is 0.481 e. The first kappa shape index (κ1) is 75.2. The van der Waals surface area contributed by atoms with Crippen LogP contribution in [0.25, 0.3) is 0 Å². The Balaban J connectivity index is 3.61. The van der Waals surface area contributed by atoms with E-state index in [1.807, 2.05) is 0 Å². The number of carboxylic acid groups (broad SMARTS) is 3. The Morgan fingerprint density at radius 2 is 0.756 bits per heavy atom. The monoisotopic (exact) mass is 1220 g/mol. The van der Waals surface area contributed by atoms with Crippen molar-refractivity contribution in [3.63, 3.8) is 0 Å². The van der Waals surface area contributed by atoms with Crippen LogP contribution in [-0.4, -0.2) is 176 Å². The van der Waals surface area contributed by atoms with Gasteiger partial charge in [-0.15, -0.1) is 0 Å². The molecule has 32 nitrogen and oxygen atoms in total. The number of hydrogen-bond acceptors (Lipinski definition) is 17. The standard InChI is InChI=1S/C54H85N13O19/c1-8-26(5)42(65-45(76)30(55)24-38(58)71)51(82)61-33(18-22-40(74)75)48(79)67-44(28(7)68)53(84)64-41(25(3)4)50(81)66-43(27(6)9-2)52(83)60-32(17-21-39(72)73)47(78)63-35(23-29-13-11-10-12-14-29)49(80)59-31(15-19-36(56)69)46(77)62-34(54(85)86)16-20-37(57)70/h10-14,25-28,30-35,41-44,68H,8-9,15-24,55H2,1-7H3,(H2,56,69)(H2,57,70)(H2,58,71)(H,59,80)(H,60,83)(H,61,82)(H,62,77)(H,63,78)(H,64,84)(H,65,76)(H,66,81)(H,67,79)(H,72,73)(H,74,75)(H,85,86)/t26-,27-,28+,30-,31-,32-,33-,34-,35-,41-,42-,43-,44-/m0/s1. The summed E-state index contributed by atoms with van der Waals surface area (Å²) in [5.74, 6) is -18.9. The predicted molar refractivity (Wildman–Crippen MR) is 303 cm³/mol. The Bertz CT molecular complexity index is 2570. The minimum absolute atomic E-state index is 0.189. The summed E-state index contributed by atoms with van der Waals surface area (Å²) in [4.78, 5) is 195. The topological polar surface area (TPSA) is 549 Å². The molecule has 0 unspecified atom stereocenters. The van der Waals surface area contributed by atoms with Crippen molar-refractivity contribution in [3.05, 3.63) is 35.9 Å². The molecule has 86 heavy (non-hydrogen) atoms. The zero-order valence-corrected chi connectivity index (χ0v) is 49.2. The van der Waals surface area contributed by atoms with E-state index in [1.165, 1.54) is 20.8 Å². The van der Waals surface area contributed by atoms with Gasteiger partial charge in [0.05, 0.1) is 18.6 Å². The van der Waals surface area contributed by atoms with Crippen molar-refractivity contribution in [3.8, 4) is 0 Å². The SMILES string of the molecule is CC[C@H](C)[C@H](NC(=O)[C@@H](NC(=O)[C@@H](NC(=O)[C@H](CCC(=O)O)NC(=O)[C@@H](NC(=O)[C@@H](N)CC(N)=O)[C@@H](C)CC)[C@@H](C)O)C(C)C)C(=O)N[C@@H](CCC(=O)O)C(=O)N[C@@H](Cc1ccccc1)C(=O)N[C@@H](CCC(N)=O)C(=O)N[C@@H](CCC(N)=O)C(=O)O. The Kier molecular flexibility index (Phi) is 32.8. The van der Waals surface area contributed by atoms with Gasteiger partial charge in [-0.3, -0.25) is 67.1 Å². The molecule has 0 aliphatic carbocycles. The van der Waals surface area contributed by atoms with Crippen LogP contribution < -0.4 is 70.8 Å². The Morgan fingerprint density at radius 1 is 0.419 bits per heavy atom. The molecule has 0 aromatic heterocycles. The lowest BCUT2D eigenvalue weighted by atomic mass is 9.95. The van der Waals surface area contributed by atoms with Gasteiger partial charge >= 0.3 is 17.9 Å². The number of nitrogens with one attached hydrogen (secondary N) is 9. The van der Waals surface area contributed by atoms with E-state index in [1.54, 1.807) is 51.1 Å². The molecule has 13 atom stereocenters. The number of amides is 12. The number of carbonyl (C=O) groups excluding carboxylic acids is 12. The van der Waals surface area contributed by atoms with Gasteiger partial charge in [0.25, 0.3) is 0 Å². The molecular weight excluding hydrogens is 1130 g/mol. The molecule has 1 aromatic rings. The number of rotatable bonds is 41. The summed E-state index contributed by atoms with van der Waals surface area (Å²) < 4.78 is 0. The third-order valence-electron chi connectivity index (χ3n) is 13.7. The van der Waals surface area contributed by atoms with E-state index in [2.05, 4.69) is 47.9 Å². The second kappa shape index (κ2) is 37.5. The molecule has 0 aliphatic heterocycles. The van der Waals surface area contributed by atoms with Crippen molar-refractivity contribution in [1.82, 2.24) is 47.9 Å². The number of carbonyl (C=O) groups is 15. The van der Waals surface area contributed by atoms with Gasteiger partial charge in [-0.1, -0.05) is 84.7 Å². The average Bonchev–Trinajstić information content (AvgIpc) is 3.57. The number of benzene rings is 1. The maximum atomic E-state index is 14.3. The summed E-state index contributed by atoms with van der Waals surface area (Å²) in [6.45, 7) is 10.5. The second-order valence-electron chi connectivity index (χ2n) is 21.2. The summed E-state index contributed by atoms with van der Waals surface area (Å²) in [7, 11) is 0. The van der Waals surface area contributed by atoms with E-state index < -0.39 is 231 Å². The van der Waals surface area contributed by atoms with E-state index in [9.17, 15) is 92.3 Å². The van der Waals surface area contributed by atoms with Crippen LogP contribution in [0.1, 0.15) is 125 Å². The number of primary amides is 3. The quantitative estimate of drug-likeness (QED) is 0.0293. The van der Waals surface area contributed by atoms with Gasteiger partial charge < -0.3 is 91.2 Å². The number of hydrogen-bond donors (Lipinski definition) is 17. The highest BCUT2D eigenvalue weighted by molar-refractivity contribution is 5.99. The third kappa shape index (κ3) is 27.3. The first-order valence-electron chi connectivity index (χ1n) is 27.9. The normalized spacial score (nSPS) is 15.6. The maximum Gasteiger partial charge on any atom is 0.326 e. The molecule has 1 aromatic carbocycles. The summed E-state index contributed by atoms with van der Waals surface area (Å²) in [6, 6.07) is -8.25. The lowest BCUT2D eigenvalue weighted by molar-refractivity contribution is -0.143. The number of aliphatic hydroxyl groups excluding tert-OH is 1. The van der Waals surface area contributed by atoms with Crippen LogP contribution in [0.4, 0.5) is 0 Å². The van der Waals surface area contributed by atoms with Crippen molar-refractivity contribution >= 4 is 88.8 Å². The first-order valence-corrected chi connectivity index (χ1v) is 27.9. The lowest BCUT2D eigenvalue weighted by Gasteiger charge is -2.31. The Hall–Kier alpha value is -8.81. The van der Waals surface area contributed by atoms with Gasteiger partial charge in [0.15, 0.2) is 0 Å². The summed E-state index contributed by atoms with van der Waals surface area (Å²) in [5.41, 5.74) is 21.8. The summed E-state index contributed by atoms with van der Waals surface area (Å²) in [6.07, 6.45) is -6.57. The highest BCUT2D eigenvalue weighted by atomic mass is 16.4. The van der Waals surface area contributed by atoms with Crippen molar-refractivity contribution in [1.29, 1.82) is 0 Å². The van der Waals surface area contributed by atoms with Gasteiger partial charge in [0.1, 0.15) is 54.4 Å². The molecule has 0 fully saturated rings. The fraction of sp³-hybridized carbons (Fsp3) is 0.611. The molecular formula is C54H85N13O19. The lowest BCUT2D eigenvalue weighted by Crippen LogP contribution is -2.63. The molecule has 1 rings (SSSR count). The minimum atomic E-state index is -1.89. The van der Waals surface area contributed by atoms with Crippen LogP contribution in [-0.2, 0) is 78.3 Å². The van der Waals surface area contributed by atoms with E-state index in [0.29, 0.717) is 5.56 Å². The van der Waals surface area contributed by atoms with Crippen LogP contribution in [0.5, 0.6) is 0 Å². The van der Waals surface area contributed by atoms with Gasteiger partial charge in [-0.2, -0.15) is 0 Å². The molecule has 32 heteroatoms. The molecule has 21 N–H and O–H groups in total. The van der Waals surface area contributed by atoms with E-state index in [0.717, 1.165) is 6.92 Å². The van der Waals surface area contributed by atoms with Gasteiger partial charge in [0.2, 0.25) is 70.9 Å². The van der Waals surface area contributed by atoms with Crippen LogP contribution in [0.2, 0.25) is 0 Å². The molecule has 0 heterocycles. The zero-order chi connectivity index (χ0) is 65.7. The second-order valence-corrected chi connectivity index (χ2v) is 21.2. The fourth-order valence-corrected chi connectivity index (χ4v) is 8.23. The zero-order valence-electron chi connectivity index (χ0n) is 49.2. The molecule has 0 bridgehead atoms. The third-order valence-corrected chi connectivity index (χ3v) is 13.7. The average molecular weight is 1220 g/mol. The van der Waals surface area contributed by atoms with E-state index >= 15 is 0 Å². The van der Waals surface area contributed by atoms with Gasteiger partial charge in [-0.25, -0.2) is 4.79 Å².